The van der Waals surface area contributed by atoms with Gasteiger partial charge in [-0.1, -0.05) is 0 Å². The molecule has 4 rings (SSSR count). The molecule has 10 nitrogen and oxygen atoms in total. The molecule has 1 aromatic heterocycles. The minimum atomic E-state index is -3.83. The van der Waals surface area contributed by atoms with Crippen molar-refractivity contribution in [1.29, 1.82) is 0 Å². The molecule has 2 N–H and O–H groups in total. The molecule has 0 saturated carbocycles. The smallest absolute Gasteiger partial charge is 0.280 e. The Kier molecular flexibility index (Phi) is 4.97. The number of aryl methyl sites for hydroxylation is 2. The zero-order valence-corrected chi connectivity index (χ0v) is 17.2. The van der Waals surface area contributed by atoms with Crippen LogP contribution in [-0.2, 0) is 21.5 Å². The largest absolute Gasteiger partial charge is 0.454 e. The van der Waals surface area contributed by atoms with Crippen LogP contribution >= 0.6 is 0 Å². The first-order valence-corrected chi connectivity index (χ1v) is 10.7. The van der Waals surface area contributed by atoms with Crippen LogP contribution in [-0.4, -0.2) is 48.3 Å². The Hall–Kier alpha value is -2.63. The van der Waals surface area contributed by atoms with Crippen molar-refractivity contribution in [3.8, 4) is 11.5 Å². The summed E-state index contributed by atoms with van der Waals surface area (Å²) in [5, 5.41) is 7.17. The van der Waals surface area contributed by atoms with E-state index in [0.29, 0.717) is 23.7 Å². The van der Waals surface area contributed by atoms with Gasteiger partial charge in [-0.3, -0.25) is 9.48 Å². The minimum Gasteiger partial charge on any atom is -0.454 e. The van der Waals surface area contributed by atoms with E-state index in [2.05, 4.69) is 15.1 Å². The first kappa shape index (κ1) is 19.7. The highest BCUT2D eigenvalue weighted by molar-refractivity contribution is 7.87. The van der Waals surface area contributed by atoms with Gasteiger partial charge in [-0.2, -0.15) is 22.5 Å². The number of anilines is 1. The van der Waals surface area contributed by atoms with Crippen LogP contribution in [0.3, 0.4) is 0 Å². The Labute approximate surface area is 169 Å². The number of benzene rings is 1. The van der Waals surface area contributed by atoms with Crippen LogP contribution in [0.15, 0.2) is 24.4 Å². The molecule has 2 atom stereocenters. The SMILES string of the molecule is CCn1cc([C@H]2C[C@@H](C(=O)Nc3ccc4c(c3)OCO4)N(C)S(=O)(=O)N2)c(C)n1. The molecule has 1 amide bonds. The summed E-state index contributed by atoms with van der Waals surface area (Å²) in [4.78, 5) is 13.0. The van der Waals surface area contributed by atoms with E-state index in [0.717, 1.165) is 15.6 Å². The van der Waals surface area contributed by atoms with E-state index < -0.39 is 28.2 Å². The third-order valence-electron chi connectivity index (χ3n) is 5.19. The van der Waals surface area contributed by atoms with Gasteiger partial charge in [-0.15, -0.1) is 0 Å². The molecule has 2 aromatic rings. The number of fused-ring (bicyclic) bond motifs is 1. The number of ether oxygens (including phenoxy) is 2. The lowest BCUT2D eigenvalue weighted by atomic mass is 10.00. The maximum Gasteiger partial charge on any atom is 0.280 e. The lowest BCUT2D eigenvalue weighted by Gasteiger charge is -2.36. The van der Waals surface area contributed by atoms with Crippen molar-refractivity contribution in [1.82, 2.24) is 18.8 Å². The molecular weight excluding hydrogens is 398 g/mol. The van der Waals surface area contributed by atoms with Gasteiger partial charge in [0.25, 0.3) is 10.2 Å². The first-order valence-electron chi connectivity index (χ1n) is 9.28. The molecule has 29 heavy (non-hydrogen) atoms. The molecule has 0 aliphatic carbocycles. The average molecular weight is 421 g/mol. The molecular formula is C18H23N5O5S. The highest BCUT2D eigenvalue weighted by Crippen LogP contribution is 2.35. The Bertz CT molecular complexity index is 1050. The van der Waals surface area contributed by atoms with Gasteiger partial charge in [-0.25, -0.2) is 0 Å². The van der Waals surface area contributed by atoms with Crippen LogP contribution in [0.1, 0.15) is 30.6 Å². The third-order valence-corrected chi connectivity index (χ3v) is 6.79. The normalized spacial score (nSPS) is 23.1. The maximum atomic E-state index is 13.0. The number of rotatable bonds is 4. The van der Waals surface area contributed by atoms with Crippen molar-refractivity contribution in [2.24, 2.45) is 0 Å². The Morgan fingerprint density at radius 1 is 1.34 bits per heavy atom. The molecule has 2 aliphatic heterocycles. The molecule has 0 unspecified atom stereocenters. The summed E-state index contributed by atoms with van der Waals surface area (Å²) < 4.78 is 41.3. The van der Waals surface area contributed by atoms with Gasteiger partial charge in [0.1, 0.15) is 6.04 Å². The van der Waals surface area contributed by atoms with Crippen molar-refractivity contribution in [2.45, 2.75) is 38.9 Å². The van der Waals surface area contributed by atoms with E-state index in [1.54, 1.807) is 22.9 Å². The monoisotopic (exact) mass is 421 g/mol. The quantitative estimate of drug-likeness (QED) is 0.766. The van der Waals surface area contributed by atoms with Crippen molar-refractivity contribution in [3.05, 3.63) is 35.7 Å². The number of hydrogen-bond donors (Lipinski definition) is 2. The molecule has 1 saturated heterocycles. The molecule has 156 valence electrons. The predicted octanol–water partition coefficient (Wildman–Crippen LogP) is 1.16. The standard InChI is InChI=1S/C18H23N5O5S/c1-4-23-9-13(11(2)20-23)14-8-15(22(3)29(25,26)21-14)18(24)19-12-5-6-16-17(7-12)28-10-27-16/h5-7,9,14-15,21H,4,8,10H2,1-3H3,(H,19,24)/t14-,15+/m1/s1. The highest BCUT2D eigenvalue weighted by atomic mass is 32.2. The zero-order valence-electron chi connectivity index (χ0n) is 16.4. The second-order valence-corrected chi connectivity index (χ2v) is 8.79. The molecule has 2 aliphatic rings. The summed E-state index contributed by atoms with van der Waals surface area (Å²) in [6, 6.07) is 3.63. The van der Waals surface area contributed by atoms with Gasteiger partial charge in [0.2, 0.25) is 12.7 Å². The second kappa shape index (κ2) is 7.32. The van der Waals surface area contributed by atoms with Crippen LogP contribution in [0, 0.1) is 6.92 Å². The summed E-state index contributed by atoms with van der Waals surface area (Å²) in [7, 11) is -2.43. The molecule has 11 heteroatoms. The third kappa shape index (κ3) is 3.68. The van der Waals surface area contributed by atoms with E-state index in [-0.39, 0.29) is 13.2 Å². The average Bonchev–Trinajstić information content (AvgIpc) is 3.29. The summed E-state index contributed by atoms with van der Waals surface area (Å²) in [6.45, 7) is 4.59. The lowest BCUT2D eigenvalue weighted by Crippen LogP contribution is -2.56. The van der Waals surface area contributed by atoms with Gasteiger partial charge < -0.3 is 14.8 Å². The first-order chi connectivity index (χ1) is 13.8. The predicted molar refractivity (Wildman–Crippen MR) is 105 cm³/mol. The number of hydrogen-bond acceptors (Lipinski definition) is 6. The van der Waals surface area contributed by atoms with E-state index in [9.17, 15) is 13.2 Å². The van der Waals surface area contributed by atoms with Crippen LogP contribution in [0.5, 0.6) is 11.5 Å². The van der Waals surface area contributed by atoms with E-state index >= 15 is 0 Å². The maximum absolute atomic E-state index is 13.0. The lowest BCUT2D eigenvalue weighted by molar-refractivity contribution is -0.120. The molecule has 0 bridgehead atoms. The Balaban J connectivity index is 1.57. The summed E-state index contributed by atoms with van der Waals surface area (Å²) in [6.07, 6.45) is 2.10. The van der Waals surface area contributed by atoms with Crippen molar-refractivity contribution < 1.29 is 22.7 Å². The Morgan fingerprint density at radius 3 is 2.83 bits per heavy atom. The van der Waals surface area contributed by atoms with Gasteiger partial charge in [0.05, 0.1) is 11.7 Å². The second-order valence-electron chi connectivity index (χ2n) is 7.03. The summed E-state index contributed by atoms with van der Waals surface area (Å²) in [5.41, 5.74) is 2.01. The van der Waals surface area contributed by atoms with Crippen LogP contribution in [0.2, 0.25) is 0 Å². The van der Waals surface area contributed by atoms with Crippen molar-refractivity contribution >= 4 is 21.8 Å². The molecule has 3 heterocycles. The summed E-state index contributed by atoms with van der Waals surface area (Å²) >= 11 is 0. The minimum absolute atomic E-state index is 0.133. The van der Waals surface area contributed by atoms with E-state index in [1.165, 1.54) is 7.05 Å². The van der Waals surface area contributed by atoms with Gasteiger partial charge in [0.15, 0.2) is 11.5 Å². The number of aromatic nitrogens is 2. The summed E-state index contributed by atoms with van der Waals surface area (Å²) in [5.74, 6) is 0.726. The van der Waals surface area contributed by atoms with Gasteiger partial charge >= 0.3 is 0 Å². The molecule has 0 radical (unpaired) electrons. The number of carbonyl (C=O) groups excluding carboxylic acids is 1. The highest BCUT2D eigenvalue weighted by Gasteiger charge is 2.41. The number of carbonyl (C=O) groups is 1. The van der Waals surface area contributed by atoms with E-state index in [4.69, 9.17) is 9.47 Å². The number of likely N-dealkylation sites (N-methyl/N-ethyl adjacent to an activating group) is 1. The number of nitrogens with zero attached hydrogens (tertiary/aromatic N) is 3. The fraction of sp³-hybridized carbons (Fsp3) is 0.444. The fourth-order valence-electron chi connectivity index (χ4n) is 3.55. The van der Waals surface area contributed by atoms with Crippen molar-refractivity contribution in [3.63, 3.8) is 0 Å². The van der Waals surface area contributed by atoms with E-state index in [1.807, 2.05) is 20.0 Å². The topological polar surface area (TPSA) is 115 Å². The number of nitrogens with one attached hydrogen (secondary N) is 2. The number of amides is 1. The Morgan fingerprint density at radius 2 is 2.10 bits per heavy atom. The van der Waals surface area contributed by atoms with Crippen molar-refractivity contribution in [2.75, 3.05) is 19.2 Å². The van der Waals surface area contributed by atoms with Crippen LogP contribution in [0.25, 0.3) is 0 Å². The van der Waals surface area contributed by atoms with Crippen LogP contribution in [0.4, 0.5) is 5.69 Å². The fourth-order valence-corrected chi connectivity index (χ4v) is 4.82. The molecule has 0 spiro atoms. The molecule has 1 fully saturated rings. The molecule has 1 aromatic carbocycles. The zero-order chi connectivity index (χ0) is 20.8. The van der Waals surface area contributed by atoms with Gasteiger partial charge in [-0.05, 0) is 32.4 Å². The van der Waals surface area contributed by atoms with Crippen LogP contribution < -0.4 is 19.5 Å². The van der Waals surface area contributed by atoms with Gasteiger partial charge in [0, 0.05) is 37.1 Å².